The van der Waals surface area contributed by atoms with Gasteiger partial charge in [-0.2, -0.15) is 5.10 Å². The SMILES string of the molecule is CCn1cc(C(=O)Cc2ccc(F)c(F)c2)cn1. The normalized spacial score (nSPS) is 10.6. The van der Waals surface area contributed by atoms with E-state index in [4.69, 9.17) is 0 Å². The Hall–Kier alpha value is -2.04. The quantitative estimate of drug-likeness (QED) is 0.782. The average Bonchev–Trinajstić information content (AvgIpc) is 2.82. The topological polar surface area (TPSA) is 34.9 Å². The molecule has 94 valence electrons. The predicted molar refractivity (Wildman–Crippen MR) is 62.3 cm³/mol. The third kappa shape index (κ3) is 2.61. The molecule has 0 fully saturated rings. The van der Waals surface area contributed by atoms with Gasteiger partial charge in [0.15, 0.2) is 17.4 Å². The van der Waals surface area contributed by atoms with E-state index in [9.17, 15) is 13.6 Å². The summed E-state index contributed by atoms with van der Waals surface area (Å²) in [4.78, 5) is 11.9. The van der Waals surface area contributed by atoms with Crippen LogP contribution >= 0.6 is 0 Å². The number of carbonyl (C=O) groups excluding carboxylic acids is 1. The number of ketones is 1. The monoisotopic (exact) mass is 250 g/mol. The minimum absolute atomic E-state index is 0.0343. The molecule has 0 saturated heterocycles. The van der Waals surface area contributed by atoms with Crippen LogP contribution in [-0.2, 0) is 13.0 Å². The molecule has 2 rings (SSSR count). The van der Waals surface area contributed by atoms with Gasteiger partial charge in [0.1, 0.15) is 0 Å². The van der Waals surface area contributed by atoms with Crippen LogP contribution in [0.25, 0.3) is 0 Å². The molecule has 2 aromatic rings. The summed E-state index contributed by atoms with van der Waals surface area (Å²) in [5.41, 5.74) is 0.921. The number of carbonyl (C=O) groups is 1. The van der Waals surface area contributed by atoms with E-state index >= 15 is 0 Å². The molecule has 1 aromatic carbocycles. The molecule has 0 aliphatic carbocycles. The fourth-order valence-corrected chi connectivity index (χ4v) is 1.62. The highest BCUT2D eigenvalue weighted by atomic mass is 19.2. The van der Waals surface area contributed by atoms with Crippen LogP contribution in [0.4, 0.5) is 8.78 Å². The lowest BCUT2D eigenvalue weighted by Gasteiger charge is -2.00. The van der Waals surface area contributed by atoms with Gasteiger partial charge in [-0.1, -0.05) is 6.07 Å². The molecule has 0 unspecified atom stereocenters. The summed E-state index contributed by atoms with van der Waals surface area (Å²) in [6.45, 7) is 2.59. The standard InChI is InChI=1S/C13H12F2N2O/c1-2-17-8-10(7-16-17)13(18)6-9-3-4-11(14)12(15)5-9/h3-5,7-8H,2,6H2,1H3. The Bertz CT molecular complexity index is 578. The average molecular weight is 250 g/mol. The van der Waals surface area contributed by atoms with Crippen molar-refractivity contribution in [1.82, 2.24) is 9.78 Å². The van der Waals surface area contributed by atoms with E-state index in [1.807, 2.05) is 6.92 Å². The maximum Gasteiger partial charge on any atom is 0.170 e. The summed E-state index contributed by atoms with van der Waals surface area (Å²) in [5.74, 6) is -2.02. The van der Waals surface area contributed by atoms with E-state index in [-0.39, 0.29) is 12.2 Å². The van der Waals surface area contributed by atoms with Crippen molar-refractivity contribution < 1.29 is 13.6 Å². The van der Waals surface area contributed by atoms with E-state index in [0.29, 0.717) is 17.7 Å². The van der Waals surface area contributed by atoms with E-state index in [1.54, 1.807) is 10.9 Å². The van der Waals surface area contributed by atoms with Crippen LogP contribution in [0, 0.1) is 11.6 Å². The Kier molecular flexibility index (Phi) is 3.50. The molecule has 0 atom stereocenters. The molecule has 0 bridgehead atoms. The van der Waals surface area contributed by atoms with Crippen molar-refractivity contribution in [3.05, 3.63) is 53.4 Å². The molecule has 5 heteroatoms. The number of aromatic nitrogens is 2. The number of halogens is 2. The summed E-state index contributed by atoms with van der Waals surface area (Å²) in [6, 6.07) is 3.46. The zero-order valence-electron chi connectivity index (χ0n) is 9.86. The second-order valence-corrected chi connectivity index (χ2v) is 3.93. The van der Waals surface area contributed by atoms with Crippen molar-refractivity contribution in [1.29, 1.82) is 0 Å². The van der Waals surface area contributed by atoms with Crippen molar-refractivity contribution in [3.8, 4) is 0 Å². The zero-order valence-corrected chi connectivity index (χ0v) is 9.86. The minimum atomic E-state index is -0.940. The van der Waals surface area contributed by atoms with Crippen molar-refractivity contribution in [3.63, 3.8) is 0 Å². The Morgan fingerprint density at radius 3 is 2.72 bits per heavy atom. The number of benzene rings is 1. The Balaban J connectivity index is 2.13. The highest BCUT2D eigenvalue weighted by Gasteiger charge is 2.11. The number of nitrogens with zero attached hydrogens (tertiary/aromatic N) is 2. The van der Waals surface area contributed by atoms with Crippen LogP contribution in [0.3, 0.4) is 0 Å². The third-order valence-electron chi connectivity index (χ3n) is 2.63. The van der Waals surface area contributed by atoms with Gasteiger partial charge < -0.3 is 0 Å². The lowest BCUT2D eigenvalue weighted by atomic mass is 10.1. The van der Waals surface area contributed by atoms with Gasteiger partial charge in [-0.05, 0) is 24.6 Å². The van der Waals surface area contributed by atoms with Gasteiger partial charge in [0.05, 0.1) is 11.8 Å². The molecule has 0 aliphatic rings. The minimum Gasteiger partial charge on any atom is -0.294 e. The molecule has 1 heterocycles. The van der Waals surface area contributed by atoms with Gasteiger partial charge >= 0.3 is 0 Å². The molecular weight excluding hydrogens is 238 g/mol. The predicted octanol–water partition coefficient (Wildman–Crippen LogP) is 2.61. The van der Waals surface area contributed by atoms with Crippen molar-refractivity contribution >= 4 is 5.78 Å². The third-order valence-corrected chi connectivity index (χ3v) is 2.63. The molecular formula is C13H12F2N2O. The van der Waals surface area contributed by atoms with Crippen molar-refractivity contribution in [2.75, 3.05) is 0 Å². The maximum atomic E-state index is 13.0. The van der Waals surface area contributed by atoms with Crippen LogP contribution in [0.1, 0.15) is 22.8 Å². The first kappa shape index (κ1) is 12.4. The van der Waals surface area contributed by atoms with Crippen LogP contribution in [0.2, 0.25) is 0 Å². The van der Waals surface area contributed by atoms with E-state index in [0.717, 1.165) is 12.1 Å². The molecule has 1 aromatic heterocycles. The van der Waals surface area contributed by atoms with E-state index in [1.165, 1.54) is 12.3 Å². The van der Waals surface area contributed by atoms with Gasteiger partial charge in [0.2, 0.25) is 0 Å². The maximum absolute atomic E-state index is 13.0. The molecule has 3 nitrogen and oxygen atoms in total. The first-order valence-corrected chi connectivity index (χ1v) is 5.59. The first-order chi connectivity index (χ1) is 8.60. The summed E-state index contributed by atoms with van der Waals surface area (Å²) >= 11 is 0. The molecule has 0 saturated carbocycles. The second kappa shape index (κ2) is 5.08. The summed E-state index contributed by atoms with van der Waals surface area (Å²) in [5, 5.41) is 3.99. The van der Waals surface area contributed by atoms with Crippen LogP contribution in [0.15, 0.2) is 30.6 Å². The lowest BCUT2D eigenvalue weighted by molar-refractivity contribution is 0.0993. The first-order valence-electron chi connectivity index (χ1n) is 5.59. The second-order valence-electron chi connectivity index (χ2n) is 3.93. The highest BCUT2D eigenvalue weighted by molar-refractivity contribution is 5.97. The fraction of sp³-hybridized carbons (Fsp3) is 0.231. The van der Waals surface area contributed by atoms with Gasteiger partial charge in [0.25, 0.3) is 0 Å². The highest BCUT2D eigenvalue weighted by Crippen LogP contribution is 2.11. The van der Waals surface area contributed by atoms with Crippen LogP contribution < -0.4 is 0 Å². The number of hydrogen-bond donors (Lipinski definition) is 0. The summed E-state index contributed by atoms with van der Waals surface area (Å²) in [6.07, 6.45) is 3.15. The van der Waals surface area contributed by atoms with Crippen LogP contribution in [0.5, 0.6) is 0 Å². The van der Waals surface area contributed by atoms with Gasteiger partial charge in [-0.15, -0.1) is 0 Å². The van der Waals surface area contributed by atoms with Gasteiger partial charge in [0, 0.05) is 19.2 Å². The number of hydrogen-bond acceptors (Lipinski definition) is 2. The Morgan fingerprint density at radius 2 is 2.11 bits per heavy atom. The number of Topliss-reactive ketones (excluding diaryl/α,β-unsaturated/α-hetero) is 1. The molecule has 0 radical (unpaired) electrons. The smallest absolute Gasteiger partial charge is 0.170 e. The summed E-state index contributed by atoms with van der Waals surface area (Å²) < 4.78 is 27.4. The fourth-order valence-electron chi connectivity index (χ4n) is 1.62. The van der Waals surface area contributed by atoms with Crippen molar-refractivity contribution in [2.24, 2.45) is 0 Å². The molecule has 0 N–H and O–H groups in total. The Labute approximate surface area is 103 Å². The molecule has 18 heavy (non-hydrogen) atoms. The molecule has 0 amide bonds. The number of aryl methyl sites for hydroxylation is 1. The van der Waals surface area contributed by atoms with Gasteiger partial charge in [-0.3, -0.25) is 9.48 Å². The zero-order chi connectivity index (χ0) is 13.1. The Morgan fingerprint density at radius 1 is 1.33 bits per heavy atom. The van der Waals surface area contributed by atoms with Gasteiger partial charge in [-0.25, -0.2) is 8.78 Å². The van der Waals surface area contributed by atoms with E-state index in [2.05, 4.69) is 5.10 Å². The van der Waals surface area contributed by atoms with E-state index < -0.39 is 11.6 Å². The largest absolute Gasteiger partial charge is 0.294 e. The molecule has 0 spiro atoms. The summed E-state index contributed by atoms with van der Waals surface area (Å²) in [7, 11) is 0. The van der Waals surface area contributed by atoms with Crippen LogP contribution in [-0.4, -0.2) is 15.6 Å². The van der Waals surface area contributed by atoms with Crippen molar-refractivity contribution in [2.45, 2.75) is 19.9 Å². The molecule has 0 aliphatic heterocycles. The number of rotatable bonds is 4. The lowest BCUT2D eigenvalue weighted by Crippen LogP contribution is -2.03.